The summed E-state index contributed by atoms with van der Waals surface area (Å²) in [5.41, 5.74) is 2.75. The highest BCUT2D eigenvalue weighted by Crippen LogP contribution is 2.40. The fourth-order valence-corrected chi connectivity index (χ4v) is 2.66. The van der Waals surface area contributed by atoms with Gasteiger partial charge < -0.3 is 9.88 Å². The van der Waals surface area contributed by atoms with Crippen LogP contribution in [-0.2, 0) is 13.1 Å². The fourth-order valence-electron chi connectivity index (χ4n) is 2.66. The van der Waals surface area contributed by atoms with Gasteiger partial charge in [-0.05, 0) is 18.4 Å². The smallest absolute Gasteiger partial charge is 0.0948 e. The summed E-state index contributed by atoms with van der Waals surface area (Å²) in [7, 11) is 0. The molecule has 0 spiro atoms. The zero-order chi connectivity index (χ0) is 13.1. The van der Waals surface area contributed by atoms with Gasteiger partial charge in [0.25, 0.3) is 0 Å². The lowest BCUT2D eigenvalue weighted by atomic mass is 10.1. The highest BCUT2D eigenvalue weighted by molar-refractivity contribution is 5.27. The van der Waals surface area contributed by atoms with Crippen LogP contribution in [0.15, 0.2) is 42.9 Å². The first-order valence-electron chi connectivity index (χ1n) is 7.16. The third-order valence-corrected chi connectivity index (χ3v) is 3.83. The van der Waals surface area contributed by atoms with Crippen molar-refractivity contribution >= 4 is 0 Å². The molecule has 2 unspecified atom stereocenters. The monoisotopic (exact) mass is 255 g/mol. The van der Waals surface area contributed by atoms with Crippen molar-refractivity contribution in [1.29, 1.82) is 0 Å². The van der Waals surface area contributed by atoms with Gasteiger partial charge in [0.05, 0.1) is 12.0 Å². The molecule has 3 heteroatoms. The lowest BCUT2D eigenvalue weighted by molar-refractivity contribution is 0.594. The fraction of sp³-hybridized carbons (Fsp3) is 0.438. The summed E-state index contributed by atoms with van der Waals surface area (Å²) in [6, 6.07) is 11.4. The van der Waals surface area contributed by atoms with Crippen LogP contribution in [0, 0.1) is 0 Å². The van der Waals surface area contributed by atoms with Crippen molar-refractivity contribution in [2.75, 3.05) is 0 Å². The van der Waals surface area contributed by atoms with E-state index in [1.54, 1.807) is 0 Å². The predicted molar refractivity (Wildman–Crippen MR) is 76.9 cm³/mol. The Bertz CT molecular complexity index is 518. The molecule has 1 saturated carbocycles. The highest BCUT2D eigenvalue weighted by atomic mass is 15.1. The number of nitrogens with one attached hydrogen (secondary N) is 1. The number of benzene rings is 1. The second kappa shape index (κ2) is 5.57. The van der Waals surface area contributed by atoms with Crippen molar-refractivity contribution in [2.24, 2.45) is 0 Å². The Morgan fingerprint density at radius 3 is 2.95 bits per heavy atom. The molecular weight excluding hydrogens is 234 g/mol. The molecule has 3 nitrogen and oxygen atoms in total. The number of imidazole rings is 1. The molecule has 1 aliphatic rings. The van der Waals surface area contributed by atoms with E-state index in [2.05, 4.69) is 52.1 Å². The molecule has 0 saturated heterocycles. The van der Waals surface area contributed by atoms with Crippen LogP contribution in [0.3, 0.4) is 0 Å². The number of rotatable bonds is 6. The number of aryl methyl sites for hydroxylation is 1. The van der Waals surface area contributed by atoms with E-state index in [0.717, 1.165) is 19.5 Å². The Labute approximate surface area is 114 Å². The van der Waals surface area contributed by atoms with Crippen LogP contribution in [0.5, 0.6) is 0 Å². The molecule has 1 aromatic carbocycles. The van der Waals surface area contributed by atoms with Gasteiger partial charge in [-0.15, -0.1) is 0 Å². The van der Waals surface area contributed by atoms with E-state index in [4.69, 9.17) is 0 Å². The summed E-state index contributed by atoms with van der Waals surface area (Å²) in [6.45, 7) is 4.18. The van der Waals surface area contributed by atoms with E-state index in [1.807, 2.05) is 12.5 Å². The SMILES string of the molecule is CCCn1cncc1CNC1CC1c1ccccc1. The third kappa shape index (κ3) is 2.87. The molecular formula is C16H21N3. The maximum absolute atomic E-state index is 4.24. The van der Waals surface area contributed by atoms with Crippen LogP contribution in [0.1, 0.15) is 36.9 Å². The predicted octanol–water partition coefficient (Wildman–Crippen LogP) is 2.94. The standard InChI is InChI=1S/C16H21N3/c1-2-8-19-12-17-10-14(19)11-18-16-9-15(16)13-6-4-3-5-7-13/h3-7,10,12,15-16,18H,2,8-9,11H2,1H3. The van der Waals surface area contributed by atoms with E-state index in [-0.39, 0.29) is 0 Å². The van der Waals surface area contributed by atoms with E-state index in [0.29, 0.717) is 12.0 Å². The molecule has 0 radical (unpaired) electrons. The largest absolute Gasteiger partial charge is 0.333 e. The number of aromatic nitrogens is 2. The summed E-state index contributed by atoms with van der Waals surface area (Å²) in [5.74, 6) is 0.698. The average molecular weight is 255 g/mol. The third-order valence-electron chi connectivity index (χ3n) is 3.83. The zero-order valence-corrected chi connectivity index (χ0v) is 11.4. The maximum Gasteiger partial charge on any atom is 0.0948 e. The van der Waals surface area contributed by atoms with Crippen LogP contribution >= 0.6 is 0 Å². The lowest BCUT2D eigenvalue weighted by Gasteiger charge is -2.08. The second-order valence-corrected chi connectivity index (χ2v) is 5.32. The van der Waals surface area contributed by atoms with Crippen LogP contribution in [0.25, 0.3) is 0 Å². The first-order chi connectivity index (χ1) is 9.38. The highest BCUT2D eigenvalue weighted by Gasteiger charge is 2.37. The van der Waals surface area contributed by atoms with Gasteiger partial charge in [0.15, 0.2) is 0 Å². The quantitative estimate of drug-likeness (QED) is 0.860. The summed E-state index contributed by atoms with van der Waals surface area (Å²) < 4.78 is 2.24. The van der Waals surface area contributed by atoms with E-state index in [9.17, 15) is 0 Å². The first-order valence-corrected chi connectivity index (χ1v) is 7.16. The topological polar surface area (TPSA) is 29.9 Å². The summed E-state index contributed by atoms with van der Waals surface area (Å²) in [5, 5.41) is 3.65. The van der Waals surface area contributed by atoms with Crippen molar-refractivity contribution in [3.63, 3.8) is 0 Å². The van der Waals surface area contributed by atoms with Crippen molar-refractivity contribution < 1.29 is 0 Å². The second-order valence-electron chi connectivity index (χ2n) is 5.32. The maximum atomic E-state index is 4.24. The lowest BCUT2D eigenvalue weighted by Crippen LogP contribution is -2.19. The van der Waals surface area contributed by atoms with Gasteiger partial charge in [0.1, 0.15) is 0 Å². The molecule has 0 bridgehead atoms. The van der Waals surface area contributed by atoms with E-state index < -0.39 is 0 Å². The molecule has 1 fully saturated rings. The van der Waals surface area contributed by atoms with Crippen molar-refractivity contribution in [1.82, 2.24) is 14.9 Å². The van der Waals surface area contributed by atoms with Gasteiger partial charge in [0.2, 0.25) is 0 Å². The molecule has 1 heterocycles. The Morgan fingerprint density at radius 2 is 2.16 bits per heavy atom. The molecule has 2 aromatic rings. The number of hydrogen-bond acceptors (Lipinski definition) is 2. The molecule has 19 heavy (non-hydrogen) atoms. The van der Waals surface area contributed by atoms with Crippen molar-refractivity contribution in [3.05, 3.63) is 54.1 Å². The summed E-state index contributed by atoms with van der Waals surface area (Å²) in [4.78, 5) is 4.24. The minimum absolute atomic E-state index is 0.632. The molecule has 2 atom stereocenters. The van der Waals surface area contributed by atoms with E-state index >= 15 is 0 Å². The Hall–Kier alpha value is -1.61. The van der Waals surface area contributed by atoms with Crippen LogP contribution in [0.4, 0.5) is 0 Å². The van der Waals surface area contributed by atoms with Crippen molar-refractivity contribution in [3.8, 4) is 0 Å². The van der Waals surface area contributed by atoms with Gasteiger partial charge in [-0.2, -0.15) is 0 Å². The Balaban J connectivity index is 1.53. The summed E-state index contributed by atoms with van der Waals surface area (Å²) >= 11 is 0. The molecule has 1 aromatic heterocycles. The first kappa shape index (κ1) is 12.4. The average Bonchev–Trinajstić information content (AvgIpc) is 3.10. The molecule has 0 aliphatic heterocycles. The molecule has 3 rings (SSSR count). The van der Waals surface area contributed by atoms with Crippen LogP contribution in [-0.4, -0.2) is 15.6 Å². The van der Waals surface area contributed by atoms with Crippen molar-refractivity contribution in [2.45, 2.75) is 44.8 Å². The number of hydrogen-bond donors (Lipinski definition) is 1. The molecule has 1 aliphatic carbocycles. The minimum atomic E-state index is 0.632. The van der Waals surface area contributed by atoms with Crippen LogP contribution < -0.4 is 5.32 Å². The zero-order valence-electron chi connectivity index (χ0n) is 11.4. The van der Waals surface area contributed by atoms with Gasteiger partial charge in [-0.25, -0.2) is 4.98 Å². The Kier molecular flexibility index (Phi) is 3.65. The van der Waals surface area contributed by atoms with Gasteiger partial charge in [-0.1, -0.05) is 37.3 Å². The molecule has 1 N–H and O–H groups in total. The number of nitrogens with zero attached hydrogens (tertiary/aromatic N) is 2. The summed E-state index contributed by atoms with van der Waals surface area (Å²) in [6.07, 6.45) is 6.32. The van der Waals surface area contributed by atoms with Gasteiger partial charge >= 0.3 is 0 Å². The normalized spacial score (nSPS) is 21.5. The Morgan fingerprint density at radius 1 is 1.32 bits per heavy atom. The van der Waals surface area contributed by atoms with Gasteiger partial charge in [0, 0.05) is 31.2 Å². The van der Waals surface area contributed by atoms with Gasteiger partial charge in [-0.3, -0.25) is 0 Å². The molecule has 0 amide bonds. The van der Waals surface area contributed by atoms with E-state index in [1.165, 1.54) is 17.7 Å². The minimum Gasteiger partial charge on any atom is -0.333 e. The molecule has 100 valence electrons. The van der Waals surface area contributed by atoms with Crippen LogP contribution in [0.2, 0.25) is 0 Å².